The average Bonchev–Trinajstić information content (AvgIpc) is 3.33. The molecule has 0 bridgehead atoms. The van der Waals surface area contributed by atoms with Crippen molar-refractivity contribution < 1.29 is 34.6 Å². The molecule has 0 amide bonds. The summed E-state index contributed by atoms with van der Waals surface area (Å²) in [4.78, 5) is 12.7. The van der Waals surface area contributed by atoms with Crippen LogP contribution in [0.4, 0.5) is 5.82 Å². The molecule has 3 aromatic rings. The van der Waals surface area contributed by atoms with Gasteiger partial charge in [0, 0.05) is 18.2 Å². The molecule has 4 rings (SSSR count). The number of anilines is 1. The highest BCUT2D eigenvalue weighted by molar-refractivity contribution is 5.82. The monoisotopic (exact) mass is 433 g/mol. The lowest BCUT2D eigenvalue weighted by Crippen LogP contribution is -2.33. The second-order valence-electron chi connectivity index (χ2n) is 6.96. The molecule has 0 radical (unpaired) electrons. The number of hydrogen-bond acceptors (Lipinski definition) is 11. The summed E-state index contributed by atoms with van der Waals surface area (Å²) in [5.41, 5.74) is 1.45. The molecule has 0 unspecified atom stereocenters. The molecular formula is C19H23N5O7. The molecule has 3 heterocycles. The highest BCUT2D eigenvalue weighted by atomic mass is 16.6. The zero-order valence-electron chi connectivity index (χ0n) is 16.8. The number of aliphatic hydroxyl groups excluding tert-OH is 3. The van der Waals surface area contributed by atoms with E-state index in [1.54, 1.807) is 6.07 Å². The molecule has 0 spiro atoms. The number of rotatable bonds is 7. The quantitative estimate of drug-likeness (QED) is 0.334. The van der Waals surface area contributed by atoms with Gasteiger partial charge in [0.05, 0.1) is 27.2 Å². The van der Waals surface area contributed by atoms with Crippen LogP contribution >= 0.6 is 0 Å². The number of benzene rings is 1. The lowest BCUT2D eigenvalue weighted by Gasteiger charge is -2.16. The molecular weight excluding hydrogens is 410 g/mol. The molecule has 4 atom stereocenters. The summed E-state index contributed by atoms with van der Waals surface area (Å²) in [6.07, 6.45) is -1.61. The van der Waals surface area contributed by atoms with E-state index in [0.29, 0.717) is 34.0 Å². The van der Waals surface area contributed by atoms with E-state index >= 15 is 0 Å². The first-order valence-corrected chi connectivity index (χ1v) is 9.46. The highest BCUT2D eigenvalue weighted by Gasteiger charge is 2.44. The fourth-order valence-electron chi connectivity index (χ4n) is 3.54. The first kappa shape index (κ1) is 21.1. The van der Waals surface area contributed by atoms with Crippen molar-refractivity contribution >= 4 is 17.0 Å². The van der Waals surface area contributed by atoms with E-state index in [1.165, 1.54) is 37.5 Å². The Kier molecular flexibility index (Phi) is 5.78. The topological polar surface area (TPSA) is 164 Å². The predicted molar refractivity (Wildman–Crippen MR) is 107 cm³/mol. The number of hydrogen-bond donors (Lipinski definition) is 5. The SMILES string of the molecule is COc1cc(OC)c(CNc2ncnc3c2ncn3[C@@H]2O[C@H](CO)[C@@H](O)[C@H]2O)cc1O. The van der Waals surface area contributed by atoms with Gasteiger partial charge in [-0.2, -0.15) is 0 Å². The van der Waals surface area contributed by atoms with Crippen LogP contribution in [0, 0.1) is 0 Å². The number of fused-ring (bicyclic) bond motifs is 1. The van der Waals surface area contributed by atoms with Crippen molar-refractivity contribution in [3.8, 4) is 17.2 Å². The Bertz CT molecular complexity index is 1080. The van der Waals surface area contributed by atoms with Crippen molar-refractivity contribution in [3.63, 3.8) is 0 Å². The maximum Gasteiger partial charge on any atom is 0.167 e. The minimum atomic E-state index is -1.26. The lowest BCUT2D eigenvalue weighted by molar-refractivity contribution is -0.0511. The van der Waals surface area contributed by atoms with Crippen LogP contribution in [0.25, 0.3) is 11.2 Å². The van der Waals surface area contributed by atoms with Gasteiger partial charge in [0.1, 0.15) is 30.4 Å². The van der Waals surface area contributed by atoms with Gasteiger partial charge < -0.3 is 40.0 Å². The standard InChI is InChI=1S/C19H23N5O7/c1-29-11-4-12(30-2)10(26)3-9(11)5-20-17-14-18(22-7-21-17)24(8-23-14)19-16(28)15(27)13(6-25)31-19/h3-4,7-8,13,15-16,19,25-28H,5-6H2,1-2H3,(H,20,21,22)/t13-,15-,16-,19-/m1/s1. The fourth-order valence-corrected chi connectivity index (χ4v) is 3.54. The van der Waals surface area contributed by atoms with Gasteiger partial charge in [0.15, 0.2) is 34.7 Å². The maximum absolute atomic E-state index is 10.3. The summed E-state index contributed by atoms with van der Waals surface area (Å²) in [5.74, 6) is 1.20. The van der Waals surface area contributed by atoms with E-state index in [4.69, 9.17) is 14.2 Å². The number of nitrogens with one attached hydrogen (secondary N) is 1. The summed E-state index contributed by atoms with van der Waals surface area (Å²) < 4.78 is 17.5. The van der Waals surface area contributed by atoms with Gasteiger partial charge in [0.25, 0.3) is 0 Å². The molecule has 12 heteroatoms. The zero-order chi connectivity index (χ0) is 22.1. The maximum atomic E-state index is 10.3. The van der Waals surface area contributed by atoms with E-state index in [9.17, 15) is 20.4 Å². The van der Waals surface area contributed by atoms with Crippen LogP contribution in [-0.4, -0.2) is 79.1 Å². The van der Waals surface area contributed by atoms with E-state index in [2.05, 4.69) is 20.3 Å². The minimum absolute atomic E-state index is 0.0263. The van der Waals surface area contributed by atoms with Gasteiger partial charge in [-0.25, -0.2) is 15.0 Å². The van der Waals surface area contributed by atoms with Crippen molar-refractivity contribution in [2.24, 2.45) is 0 Å². The Balaban J connectivity index is 1.60. The fraction of sp³-hybridized carbons (Fsp3) is 0.421. The summed E-state index contributed by atoms with van der Waals surface area (Å²) in [5, 5.41) is 42.8. The van der Waals surface area contributed by atoms with Crippen molar-refractivity contribution in [3.05, 3.63) is 30.4 Å². The molecule has 166 valence electrons. The first-order chi connectivity index (χ1) is 15.0. The highest BCUT2D eigenvalue weighted by Crippen LogP contribution is 2.35. The summed E-state index contributed by atoms with van der Waals surface area (Å²) in [7, 11) is 2.97. The third kappa shape index (κ3) is 3.70. The third-order valence-electron chi connectivity index (χ3n) is 5.18. The van der Waals surface area contributed by atoms with Gasteiger partial charge in [0.2, 0.25) is 0 Å². The number of aromatic nitrogens is 4. The van der Waals surface area contributed by atoms with Gasteiger partial charge in [-0.15, -0.1) is 0 Å². The van der Waals surface area contributed by atoms with Crippen LogP contribution in [0.5, 0.6) is 17.2 Å². The number of nitrogens with zero attached hydrogens (tertiary/aromatic N) is 4. The second-order valence-corrected chi connectivity index (χ2v) is 6.96. The van der Waals surface area contributed by atoms with Gasteiger partial charge in [-0.3, -0.25) is 4.57 Å². The molecule has 1 saturated heterocycles. The molecule has 0 aliphatic carbocycles. The molecule has 1 fully saturated rings. The lowest BCUT2D eigenvalue weighted by atomic mass is 10.1. The Morgan fingerprint density at radius 3 is 2.55 bits per heavy atom. The largest absolute Gasteiger partial charge is 0.504 e. The number of phenolic OH excluding ortho intramolecular Hbond substituents is 1. The Morgan fingerprint density at radius 2 is 1.87 bits per heavy atom. The molecule has 1 aliphatic heterocycles. The van der Waals surface area contributed by atoms with Crippen molar-refractivity contribution in [2.75, 3.05) is 26.1 Å². The van der Waals surface area contributed by atoms with Crippen molar-refractivity contribution in [1.29, 1.82) is 0 Å². The number of imidazole rings is 1. The van der Waals surface area contributed by atoms with E-state index in [-0.39, 0.29) is 12.3 Å². The van der Waals surface area contributed by atoms with Crippen molar-refractivity contribution in [2.45, 2.75) is 31.1 Å². The van der Waals surface area contributed by atoms with Gasteiger partial charge in [-0.05, 0) is 6.07 Å². The van der Waals surface area contributed by atoms with Gasteiger partial charge in [-0.1, -0.05) is 0 Å². The Hall–Kier alpha value is -3.19. The van der Waals surface area contributed by atoms with Crippen molar-refractivity contribution in [1.82, 2.24) is 19.5 Å². The van der Waals surface area contributed by atoms with Crippen LogP contribution in [0.1, 0.15) is 11.8 Å². The Morgan fingerprint density at radius 1 is 1.10 bits per heavy atom. The minimum Gasteiger partial charge on any atom is -0.504 e. The molecule has 0 saturated carbocycles. The third-order valence-corrected chi connectivity index (χ3v) is 5.18. The predicted octanol–water partition coefficient (Wildman–Crippen LogP) is -0.227. The van der Waals surface area contributed by atoms with Crippen LogP contribution in [0.2, 0.25) is 0 Å². The Labute approximate surface area is 176 Å². The number of aromatic hydroxyl groups is 1. The summed E-state index contributed by atoms with van der Waals surface area (Å²) in [6, 6.07) is 3.11. The van der Waals surface area contributed by atoms with Gasteiger partial charge >= 0.3 is 0 Å². The second kappa shape index (κ2) is 8.51. The zero-order valence-corrected chi connectivity index (χ0v) is 16.8. The summed E-state index contributed by atoms with van der Waals surface area (Å²) >= 11 is 0. The number of ether oxygens (including phenoxy) is 3. The molecule has 5 N–H and O–H groups in total. The van der Waals surface area contributed by atoms with Crippen LogP contribution in [0.15, 0.2) is 24.8 Å². The number of methoxy groups -OCH3 is 2. The van der Waals surface area contributed by atoms with Crippen LogP contribution in [0.3, 0.4) is 0 Å². The van der Waals surface area contributed by atoms with E-state index in [1.807, 2.05) is 0 Å². The molecule has 1 aliphatic rings. The number of aliphatic hydroxyl groups is 3. The molecule has 1 aromatic carbocycles. The number of phenols is 1. The van der Waals surface area contributed by atoms with E-state index in [0.717, 1.165) is 0 Å². The van der Waals surface area contributed by atoms with E-state index < -0.39 is 31.1 Å². The molecule has 31 heavy (non-hydrogen) atoms. The van der Waals surface area contributed by atoms with Crippen LogP contribution in [-0.2, 0) is 11.3 Å². The first-order valence-electron chi connectivity index (χ1n) is 9.46. The normalized spacial score (nSPS) is 23.3. The summed E-state index contributed by atoms with van der Waals surface area (Å²) in [6.45, 7) is -0.173. The average molecular weight is 433 g/mol. The molecule has 12 nitrogen and oxygen atoms in total. The van der Waals surface area contributed by atoms with Crippen LogP contribution < -0.4 is 14.8 Å². The smallest absolute Gasteiger partial charge is 0.167 e. The molecule has 2 aromatic heterocycles.